The summed E-state index contributed by atoms with van der Waals surface area (Å²) < 4.78 is 0. The number of aromatic nitrogens is 1. The van der Waals surface area contributed by atoms with Gasteiger partial charge in [0, 0.05) is 11.8 Å². The van der Waals surface area contributed by atoms with Gasteiger partial charge in [-0.3, -0.25) is 4.79 Å². The minimum Gasteiger partial charge on any atom is -0.307 e. The lowest BCUT2D eigenvalue weighted by atomic mass is 10.1. The number of aryl methyl sites for hydroxylation is 1. The van der Waals surface area contributed by atoms with Crippen LogP contribution in [-0.2, 0) is 4.79 Å². The average Bonchev–Trinajstić information content (AvgIpc) is 2.40. The molecule has 0 aliphatic heterocycles. The standard InChI is InChI=1S/C16H16N2O/c1-12-8-9-17-15(10-12)18-16(19)13(2)11-14-6-4-3-5-7-14/h3-11H,1-2H3,(H,17,18,19). The van der Waals surface area contributed by atoms with E-state index in [0.29, 0.717) is 11.4 Å². The van der Waals surface area contributed by atoms with E-state index in [1.807, 2.05) is 55.5 Å². The summed E-state index contributed by atoms with van der Waals surface area (Å²) >= 11 is 0. The molecule has 0 aliphatic carbocycles. The highest BCUT2D eigenvalue weighted by Gasteiger charge is 2.05. The number of pyridine rings is 1. The molecule has 0 unspecified atom stereocenters. The van der Waals surface area contributed by atoms with Gasteiger partial charge in [-0.05, 0) is 43.2 Å². The SMILES string of the molecule is CC(=Cc1ccccc1)C(=O)Nc1cc(C)ccn1. The maximum absolute atomic E-state index is 12.0. The van der Waals surface area contributed by atoms with E-state index in [1.165, 1.54) is 0 Å². The number of nitrogens with zero attached hydrogens (tertiary/aromatic N) is 1. The molecule has 0 atom stereocenters. The molecule has 1 aromatic carbocycles. The Balaban J connectivity index is 2.10. The van der Waals surface area contributed by atoms with Crippen LogP contribution in [0.25, 0.3) is 6.08 Å². The third kappa shape index (κ3) is 3.78. The molecule has 3 nitrogen and oxygen atoms in total. The Morgan fingerprint density at radius 3 is 2.63 bits per heavy atom. The molecule has 1 heterocycles. The maximum atomic E-state index is 12.0. The summed E-state index contributed by atoms with van der Waals surface area (Å²) in [5, 5.41) is 2.78. The van der Waals surface area contributed by atoms with E-state index in [-0.39, 0.29) is 5.91 Å². The van der Waals surface area contributed by atoms with E-state index >= 15 is 0 Å². The van der Waals surface area contributed by atoms with E-state index < -0.39 is 0 Å². The number of rotatable bonds is 3. The van der Waals surface area contributed by atoms with Gasteiger partial charge in [-0.2, -0.15) is 0 Å². The average molecular weight is 252 g/mol. The van der Waals surface area contributed by atoms with E-state index in [1.54, 1.807) is 13.1 Å². The first-order valence-electron chi connectivity index (χ1n) is 6.12. The molecule has 96 valence electrons. The number of anilines is 1. The molecule has 1 N–H and O–H groups in total. The van der Waals surface area contributed by atoms with Crippen LogP contribution in [-0.4, -0.2) is 10.9 Å². The minimum atomic E-state index is -0.137. The quantitative estimate of drug-likeness (QED) is 0.850. The van der Waals surface area contributed by atoms with E-state index in [2.05, 4.69) is 10.3 Å². The van der Waals surface area contributed by atoms with Crippen molar-refractivity contribution in [1.29, 1.82) is 0 Å². The molecule has 0 fully saturated rings. The normalized spacial score (nSPS) is 11.2. The predicted molar refractivity (Wildman–Crippen MR) is 77.7 cm³/mol. The zero-order valence-corrected chi connectivity index (χ0v) is 11.1. The summed E-state index contributed by atoms with van der Waals surface area (Å²) in [6.07, 6.45) is 3.53. The fourth-order valence-corrected chi connectivity index (χ4v) is 1.68. The summed E-state index contributed by atoms with van der Waals surface area (Å²) in [5.41, 5.74) is 2.72. The molecule has 0 saturated carbocycles. The lowest BCUT2D eigenvalue weighted by Crippen LogP contribution is -2.13. The van der Waals surface area contributed by atoms with Gasteiger partial charge in [-0.25, -0.2) is 4.98 Å². The molecule has 2 rings (SSSR count). The Bertz CT molecular complexity index is 603. The number of hydrogen-bond acceptors (Lipinski definition) is 2. The van der Waals surface area contributed by atoms with Crippen LogP contribution in [0.3, 0.4) is 0 Å². The third-order valence-corrected chi connectivity index (χ3v) is 2.70. The van der Waals surface area contributed by atoms with Crippen LogP contribution in [0.15, 0.2) is 54.2 Å². The van der Waals surface area contributed by atoms with Crippen molar-refractivity contribution in [3.63, 3.8) is 0 Å². The second-order valence-electron chi connectivity index (χ2n) is 4.41. The molecule has 3 heteroatoms. The van der Waals surface area contributed by atoms with Crippen molar-refractivity contribution < 1.29 is 4.79 Å². The van der Waals surface area contributed by atoms with E-state index in [4.69, 9.17) is 0 Å². The number of carbonyl (C=O) groups excluding carboxylic acids is 1. The van der Waals surface area contributed by atoms with Gasteiger partial charge < -0.3 is 5.32 Å². The Labute approximate surface area is 113 Å². The first-order valence-corrected chi connectivity index (χ1v) is 6.12. The van der Waals surface area contributed by atoms with Crippen molar-refractivity contribution in [2.75, 3.05) is 5.32 Å². The molecule has 1 amide bonds. The van der Waals surface area contributed by atoms with Crippen LogP contribution < -0.4 is 5.32 Å². The van der Waals surface area contributed by atoms with Crippen molar-refractivity contribution >= 4 is 17.8 Å². The lowest BCUT2D eigenvalue weighted by molar-refractivity contribution is -0.112. The van der Waals surface area contributed by atoms with Crippen molar-refractivity contribution in [2.45, 2.75) is 13.8 Å². The van der Waals surface area contributed by atoms with Crippen LogP contribution in [0, 0.1) is 6.92 Å². The molecule has 0 aliphatic rings. The van der Waals surface area contributed by atoms with Crippen molar-refractivity contribution in [3.8, 4) is 0 Å². The monoisotopic (exact) mass is 252 g/mol. The number of amides is 1. The maximum Gasteiger partial charge on any atom is 0.252 e. The zero-order chi connectivity index (χ0) is 13.7. The molecule has 0 bridgehead atoms. The summed E-state index contributed by atoms with van der Waals surface area (Å²) in [5.74, 6) is 0.438. The van der Waals surface area contributed by atoms with Crippen LogP contribution in [0.2, 0.25) is 0 Å². The highest BCUT2D eigenvalue weighted by atomic mass is 16.1. The minimum absolute atomic E-state index is 0.137. The molecule has 1 aromatic heterocycles. The van der Waals surface area contributed by atoms with Crippen LogP contribution in [0.1, 0.15) is 18.1 Å². The summed E-state index contributed by atoms with van der Waals surface area (Å²) in [6.45, 7) is 3.75. The Morgan fingerprint density at radius 2 is 1.95 bits per heavy atom. The van der Waals surface area contributed by atoms with Crippen molar-refractivity contribution in [3.05, 3.63) is 65.4 Å². The molecule has 0 saturated heterocycles. The second kappa shape index (κ2) is 5.96. The van der Waals surface area contributed by atoms with Gasteiger partial charge in [0.25, 0.3) is 5.91 Å². The van der Waals surface area contributed by atoms with Gasteiger partial charge in [-0.15, -0.1) is 0 Å². The van der Waals surface area contributed by atoms with Gasteiger partial charge in [0.1, 0.15) is 5.82 Å². The Hall–Kier alpha value is -2.42. The first-order chi connectivity index (χ1) is 9.15. The highest BCUT2D eigenvalue weighted by molar-refractivity contribution is 6.05. The van der Waals surface area contributed by atoms with Crippen molar-refractivity contribution in [1.82, 2.24) is 4.98 Å². The fourth-order valence-electron chi connectivity index (χ4n) is 1.68. The Morgan fingerprint density at radius 1 is 1.21 bits per heavy atom. The zero-order valence-electron chi connectivity index (χ0n) is 11.1. The summed E-state index contributed by atoms with van der Waals surface area (Å²) in [6, 6.07) is 13.5. The molecule has 19 heavy (non-hydrogen) atoms. The number of hydrogen-bond donors (Lipinski definition) is 1. The molecular formula is C16H16N2O. The topological polar surface area (TPSA) is 42.0 Å². The Kier molecular flexibility index (Phi) is 4.08. The van der Waals surface area contributed by atoms with Crippen LogP contribution in [0.5, 0.6) is 0 Å². The van der Waals surface area contributed by atoms with E-state index in [9.17, 15) is 4.79 Å². The molecule has 2 aromatic rings. The number of nitrogens with one attached hydrogen (secondary N) is 1. The van der Waals surface area contributed by atoms with Gasteiger partial charge in [0.05, 0.1) is 0 Å². The van der Waals surface area contributed by atoms with Crippen LogP contribution in [0.4, 0.5) is 5.82 Å². The van der Waals surface area contributed by atoms with E-state index in [0.717, 1.165) is 11.1 Å². The number of benzene rings is 1. The predicted octanol–water partition coefficient (Wildman–Crippen LogP) is 3.43. The van der Waals surface area contributed by atoms with Gasteiger partial charge in [0.2, 0.25) is 0 Å². The largest absolute Gasteiger partial charge is 0.307 e. The summed E-state index contributed by atoms with van der Waals surface area (Å²) in [7, 11) is 0. The first kappa shape index (κ1) is 13.0. The highest BCUT2D eigenvalue weighted by Crippen LogP contribution is 2.10. The van der Waals surface area contributed by atoms with Crippen molar-refractivity contribution in [2.24, 2.45) is 0 Å². The fraction of sp³-hybridized carbons (Fsp3) is 0.125. The second-order valence-corrected chi connectivity index (χ2v) is 4.41. The summed E-state index contributed by atoms with van der Waals surface area (Å²) in [4.78, 5) is 16.1. The molecule has 0 spiro atoms. The van der Waals surface area contributed by atoms with Gasteiger partial charge in [0.15, 0.2) is 0 Å². The van der Waals surface area contributed by atoms with Gasteiger partial charge >= 0.3 is 0 Å². The smallest absolute Gasteiger partial charge is 0.252 e. The number of carbonyl (C=O) groups is 1. The van der Waals surface area contributed by atoms with Crippen LogP contribution >= 0.6 is 0 Å². The third-order valence-electron chi connectivity index (χ3n) is 2.70. The lowest BCUT2D eigenvalue weighted by Gasteiger charge is -2.05. The molecular weight excluding hydrogens is 236 g/mol. The molecule has 0 radical (unpaired) electrons. The van der Waals surface area contributed by atoms with Gasteiger partial charge in [-0.1, -0.05) is 30.3 Å².